The number of thiazole rings is 1. The summed E-state index contributed by atoms with van der Waals surface area (Å²) in [4.78, 5) is 12.3. The first kappa shape index (κ1) is 10.2. The van der Waals surface area contributed by atoms with Gasteiger partial charge in [0.2, 0.25) is 0 Å². The number of aryl methyl sites for hydroxylation is 1. The fourth-order valence-corrected chi connectivity index (χ4v) is 1.97. The lowest BCUT2D eigenvalue weighted by molar-refractivity contribution is 0.700. The highest BCUT2D eigenvalue weighted by Crippen LogP contribution is 2.16. The normalized spacial score (nSPS) is 12.7. The molecule has 4 nitrogen and oxygen atoms in total. The van der Waals surface area contributed by atoms with Crippen LogP contribution in [0.4, 0.5) is 0 Å². The molecule has 1 atom stereocenters. The highest BCUT2D eigenvalue weighted by Gasteiger charge is 2.09. The molecule has 0 spiro atoms. The van der Waals surface area contributed by atoms with Crippen molar-refractivity contribution in [2.75, 3.05) is 0 Å². The van der Waals surface area contributed by atoms with Gasteiger partial charge in [-0.15, -0.1) is 11.3 Å². The van der Waals surface area contributed by atoms with Crippen LogP contribution in [-0.4, -0.2) is 15.0 Å². The molecule has 0 aliphatic rings. The molecule has 0 saturated heterocycles. The minimum absolute atomic E-state index is 0.0762. The van der Waals surface area contributed by atoms with E-state index in [0.717, 1.165) is 22.7 Å². The number of hydrogen-bond donors (Lipinski definition) is 1. The van der Waals surface area contributed by atoms with Crippen LogP contribution in [0.3, 0.4) is 0 Å². The first-order chi connectivity index (χ1) is 7.25. The van der Waals surface area contributed by atoms with Gasteiger partial charge in [0.1, 0.15) is 6.33 Å². The van der Waals surface area contributed by atoms with E-state index in [-0.39, 0.29) is 6.04 Å². The van der Waals surface area contributed by atoms with Gasteiger partial charge in [-0.25, -0.2) is 15.0 Å². The van der Waals surface area contributed by atoms with Crippen molar-refractivity contribution in [2.24, 2.45) is 5.73 Å². The monoisotopic (exact) mass is 220 g/mol. The molecule has 2 N–H and O–H groups in total. The molecule has 0 fully saturated rings. The van der Waals surface area contributed by atoms with Crippen molar-refractivity contribution in [3.05, 3.63) is 40.4 Å². The predicted molar refractivity (Wildman–Crippen MR) is 59.5 cm³/mol. The number of nitrogens with zero attached hydrogens (tertiary/aromatic N) is 3. The largest absolute Gasteiger partial charge is 0.324 e. The van der Waals surface area contributed by atoms with Gasteiger partial charge in [0, 0.05) is 35.8 Å². The Hall–Kier alpha value is -1.33. The quantitative estimate of drug-likeness (QED) is 0.851. The maximum Gasteiger partial charge on any atom is 0.115 e. The molecule has 0 amide bonds. The standard InChI is InChI=1S/C10H12N4S/c1-7-14-9(5-15-7)2-10(11)8-3-12-6-13-4-8/h3-6,10H,2,11H2,1H3. The topological polar surface area (TPSA) is 64.7 Å². The third kappa shape index (κ3) is 2.57. The van der Waals surface area contributed by atoms with Gasteiger partial charge >= 0.3 is 0 Å². The van der Waals surface area contributed by atoms with E-state index in [2.05, 4.69) is 15.0 Å². The molecule has 15 heavy (non-hydrogen) atoms. The van der Waals surface area contributed by atoms with E-state index in [1.165, 1.54) is 6.33 Å². The summed E-state index contributed by atoms with van der Waals surface area (Å²) >= 11 is 1.64. The molecule has 78 valence electrons. The third-order valence-corrected chi connectivity index (χ3v) is 2.93. The Morgan fingerprint density at radius 2 is 2.13 bits per heavy atom. The third-order valence-electron chi connectivity index (χ3n) is 2.10. The Bertz CT molecular complexity index is 426. The van der Waals surface area contributed by atoms with Crippen LogP contribution in [0.25, 0.3) is 0 Å². The van der Waals surface area contributed by atoms with E-state index in [1.807, 2.05) is 12.3 Å². The zero-order valence-electron chi connectivity index (χ0n) is 8.42. The lowest BCUT2D eigenvalue weighted by Gasteiger charge is -2.08. The van der Waals surface area contributed by atoms with Crippen molar-refractivity contribution in [1.82, 2.24) is 15.0 Å². The van der Waals surface area contributed by atoms with Gasteiger partial charge in [-0.05, 0) is 6.92 Å². The van der Waals surface area contributed by atoms with Crippen LogP contribution in [0.2, 0.25) is 0 Å². The van der Waals surface area contributed by atoms with Crippen molar-refractivity contribution in [3.8, 4) is 0 Å². The summed E-state index contributed by atoms with van der Waals surface area (Å²) in [6.45, 7) is 1.99. The van der Waals surface area contributed by atoms with E-state index in [9.17, 15) is 0 Å². The number of aromatic nitrogens is 3. The summed E-state index contributed by atoms with van der Waals surface area (Å²) in [5.41, 5.74) is 8.00. The van der Waals surface area contributed by atoms with Crippen LogP contribution in [-0.2, 0) is 6.42 Å². The zero-order chi connectivity index (χ0) is 10.7. The summed E-state index contributed by atoms with van der Waals surface area (Å²) < 4.78 is 0. The van der Waals surface area contributed by atoms with Gasteiger partial charge in [-0.3, -0.25) is 0 Å². The molecule has 0 saturated carbocycles. The molecule has 1 unspecified atom stereocenters. The van der Waals surface area contributed by atoms with E-state index < -0.39 is 0 Å². The Balaban J connectivity index is 2.07. The van der Waals surface area contributed by atoms with Crippen LogP contribution in [0.1, 0.15) is 22.3 Å². The van der Waals surface area contributed by atoms with Crippen LogP contribution in [0.15, 0.2) is 24.1 Å². The molecular formula is C10H12N4S. The van der Waals surface area contributed by atoms with Gasteiger partial charge in [-0.2, -0.15) is 0 Å². The minimum Gasteiger partial charge on any atom is -0.324 e. The molecule has 2 rings (SSSR count). The van der Waals surface area contributed by atoms with Gasteiger partial charge < -0.3 is 5.73 Å². The summed E-state index contributed by atoms with van der Waals surface area (Å²) in [5.74, 6) is 0. The second kappa shape index (κ2) is 4.46. The Kier molecular flexibility index (Phi) is 3.03. The van der Waals surface area contributed by atoms with Crippen molar-refractivity contribution in [2.45, 2.75) is 19.4 Å². The average Bonchev–Trinajstić information content (AvgIpc) is 2.65. The van der Waals surface area contributed by atoms with E-state index in [4.69, 9.17) is 5.73 Å². The molecule has 2 aromatic heterocycles. The zero-order valence-corrected chi connectivity index (χ0v) is 9.24. The number of hydrogen-bond acceptors (Lipinski definition) is 5. The summed E-state index contributed by atoms with van der Waals surface area (Å²) in [6.07, 6.45) is 5.73. The summed E-state index contributed by atoms with van der Waals surface area (Å²) in [7, 11) is 0. The molecule has 5 heteroatoms. The summed E-state index contributed by atoms with van der Waals surface area (Å²) in [5, 5.41) is 3.11. The molecule has 2 heterocycles. The SMILES string of the molecule is Cc1nc(CC(N)c2cncnc2)cs1. The lowest BCUT2D eigenvalue weighted by Crippen LogP contribution is -2.14. The molecule has 0 bridgehead atoms. The van der Waals surface area contributed by atoms with Crippen molar-refractivity contribution in [3.63, 3.8) is 0 Å². The van der Waals surface area contributed by atoms with Gasteiger partial charge in [0.05, 0.1) is 10.7 Å². The van der Waals surface area contributed by atoms with E-state index in [1.54, 1.807) is 23.7 Å². The molecule has 0 aromatic carbocycles. The molecular weight excluding hydrogens is 208 g/mol. The second-order valence-electron chi connectivity index (χ2n) is 3.34. The van der Waals surface area contributed by atoms with Crippen molar-refractivity contribution in [1.29, 1.82) is 0 Å². The van der Waals surface area contributed by atoms with Crippen LogP contribution >= 0.6 is 11.3 Å². The minimum atomic E-state index is -0.0762. The van der Waals surface area contributed by atoms with Crippen molar-refractivity contribution >= 4 is 11.3 Å². The first-order valence-corrected chi connectivity index (χ1v) is 5.55. The molecule has 0 radical (unpaired) electrons. The van der Waals surface area contributed by atoms with Gasteiger partial charge in [0.15, 0.2) is 0 Å². The molecule has 2 aromatic rings. The Morgan fingerprint density at radius 3 is 2.73 bits per heavy atom. The van der Waals surface area contributed by atoms with Crippen LogP contribution in [0.5, 0.6) is 0 Å². The van der Waals surface area contributed by atoms with Gasteiger partial charge in [-0.1, -0.05) is 0 Å². The predicted octanol–water partition coefficient (Wildman–Crippen LogP) is 1.48. The van der Waals surface area contributed by atoms with Crippen molar-refractivity contribution < 1.29 is 0 Å². The number of nitrogens with two attached hydrogens (primary N) is 1. The second-order valence-corrected chi connectivity index (χ2v) is 4.40. The maximum absolute atomic E-state index is 6.02. The van der Waals surface area contributed by atoms with Gasteiger partial charge in [0.25, 0.3) is 0 Å². The molecule has 0 aliphatic carbocycles. The van der Waals surface area contributed by atoms with Crippen LogP contribution < -0.4 is 5.73 Å². The lowest BCUT2D eigenvalue weighted by atomic mass is 10.1. The Labute approximate surface area is 92.2 Å². The fraction of sp³-hybridized carbons (Fsp3) is 0.300. The Morgan fingerprint density at radius 1 is 1.40 bits per heavy atom. The highest BCUT2D eigenvalue weighted by molar-refractivity contribution is 7.09. The number of rotatable bonds is 3. The van der Waals surface area contributed by atoms with E-state index >= 15 is 0 Å². The summed E-state index contributed by atoms with van der Waals surface area (Å²) in [6, 6.07) is -0.0762. The first-order valence-electron chi connectivity index (χ1n) is 4.67. The highest BCUT2D eigenvalue weighted by atomic mass is 32.1. The molecule has 0 aliphatic heterocycles. The van der Waals surface area contributed by atoms with Crippen LogP contribution in [0, 0.1) is 6.92 Å². The smallest absolute Gasteiger partial charge is 0.115 e. The fourth-order valence-electron chi connectivity index (χ4n) is 1.35. The maximum atomic E-state index is 6.02. The van der Waals surface area contributed by atoms with E-state index in [0.29, 0.717) is 0 Å². The average molecular weight is 220 g/mol.